The van der Waals surface area contributed by atoms with Gasteiger partial charge in [0.15, 0.2) is 5.11 Å². The van der Waals surface area contributed by atoms with Crippen LogP contribution in [0.1, 0.15) is 30.6 Å². The van der Waals surface area contributed by atoms with Gasteiger partial charge in [-0.05, 0) is 55.4 Å². The minimum absolute atomic E-state index is 0.149. The van der Waals surface area contributed by atoms with E-state index in [4.69, 9.17) is 17.0 Å². The molecule has 2 N–H and O–H groups in total. The first-order valence-electron chi connectivity index (χ1n) is 7.27. The van der Waals surface area contributed by atoms with Gasteiger partial charge >= 0.3 is 0 Å². The Hall–Kier alpha value is -2.14. The van der Waals surface area contributed by atoms with Crippen LogP contribution in [0.4, 0.5) is 5.82 Å². The number of pyridine rings is 1. The first kappa shape index (κ1) is 16.2. The molecule has 1 aromatic carbocycles. The number of aromatic nitrogens is 1. The Labute approximate surface area is 136 Å². The fraction of sp³-hybridized carbons (Fsp3) is 0.294. The monoisotopic (exact) mass is 315 g/mol. The third kappa shape index (κ3) is 4.43. The van der Waals surface area contributed by atoms with Crippen molar-refractivity contribution in [1.82, 2.24) is 10.3 Å². The van der Waals surface area contributed by atoms with Crippen LogP contribution in [0.25, 0.3) is 0 Å². The van der Waals surface area contributed by atoms with Gasteiger partial charge in [0.05, 0.1) is 13.2 Å². The van der Waals surface area contributed by atoms with Crippen LogP contribution < -0.4 is 15.4 Å². The highest BCUT2D eigenvalue weighted by Gasteiger charge is 2.11. The molecule has 0 saturated carbocycles. The van der Waals surface area contributed by atoms with Gasteiger partial charge in [-0.3, -0.25) is 0 Å². The fourth-order valence-corrected chi connectivity index (χ4v) is 2.43. The number of aryl methyl sites for hydroxylation is 1. The minimum Gasteiger partial charge on any atom is -0.497 e. The normalized spacial score (nSPS) is 11.6. The van der Waals surface area contributed by atoms with Crippen molar-refractivity contribution in [2.24, 2.45) is 0 Å². The van der Waals surface area contributed by atoms with Crippen LogP contribution in [0.5, 0.6) is 5.75 Å². The number of ether oxygens (including phenoxy) is 1. The maximum atomic E-state index is 5.38. The van der Waals surface area contributed by atoms with E-state index in [1.54, 1.807) is 7.11 Å². The van der Waals surface area contributed by atoms with Crippen molar-refractivity contribution >= 4 is 23.1 Å². The average molecular weight is 315 g/mol. The van der Waals surface area contributed by atoms with E-state index in [2.05, 4.69) is 22.5 Å². The van der Waals surface area contributed by atoms with Gasteiger partial charge in [0.1, 0.15) is 11.6 Å². The zero-order valence-electron chi connectivity index (χ0n) is 13.1. The van der Waals surface area contributed by atoms with Gasteiger partial charge in [-0.1, -0.05) is 25.1 Å². The first-order chi connectivity index (χ1) is 10.6. The summed E-state index contributed by atoms with van der Waals surface area (Å²) in [5, 5.41) is 7.02. The van der Waals surface area contributed by atoms with Crippen LogP contribution in [0.3, 0.4) is 0 Å². The van der Waals surface area contributed by atoms with E-state index >= 15 is 0 Å². The highest BCUT2D eigenvalue weighted by Crippen LogP contribution is 2.20. The summed E-state index contributed by atoms with van der Waals surface area (Å²) in [5.41, 5.74) is 2.12. The second-order valence-electron chi connectivity index (χ2n) is 5.00. The van der Waals surface area contributed by atoms with Crippen LogP contribution in [0.15, 0.2) is 42.5 Å². The van der Waals surface area contributed by atoms with Crippen molar-refractivity contribution in [2.45, 2.75) is 26.3 Å². The Balaban J connectivity index is 2.01. The lowest BCUT2D eigenvalue weighted by molar-refractivity contribution is 0.414. The van der Waals surface area contributed by atoms with Crippen molar-refractivity contribution in [3.63, 3.8) is 0 Å². The summed E-state index contributed by atoms with van der Waals surface area (Å²) in [5.74, 6) is 1.60. The summed E-state index contributed by atoms with van der Waals surface area (Å²) in [6.07, 6.45) is 0.926. The Morgan fingerprint density at radius 1 is 1.23 bits per heavy atom. The van der Waals surface area contributed by atoms with Gasteiger partial charge < -0.3 is 15.4 Å². The molecule has 0 radical (unpaired) electrons. The number of nitrogens with one attached hydrogen (secondary N) is 2. The summed E-state index contributed by atoms with van der Waals surface area (Å²) < 4.78 is 5.19. The van der Waals surface area contributed by atoms with Crippen molar-refractivity contribution in [1.29, 1.82) is 0 Å². The SMILES string of the molecule is CC[C@H](NC(=S)Nc1cccc(C)n1)c1ccc(OC)cc1. The second-order valence-corrected chi connectivity index (χ2v) is 5.40. The molecule has 0 aliphatic rings. The summed E-state index contributed by atoms with van der Waals surface area (Å²) in [6.45, 7) is 4.07. The molecule has 2 aromatic rings. The average Bonchev–Trinajstić information content (AvgIpc) is 2.53. The van der Waals surface area contributed by atoms with E-state index in [1.807, 2.05) is 49.4 Å². The molecule has 0 fully saturated rings. The molecular formula is C17H21N3OS. The quantitative estimate of drug-likeness (QED) is 0.821. The molecule has 4 nitrogen and oxygen atoms in total. The number of hydrogen-bond donors (Lipinski definition) is 2. The molecule has 0 saturated heterocycles. The van der Waals surface area contributed by atoms with Crippen LogP contribution in [0, 0.1) is 6.92 Å². The van der Waals surface area contributed by atoms with Gasteiger partial charge in [0, 0.05) is 5.69 Å². The number of rotatable bonds is 5. The van der Waals surface area contributed by atoms with Crippen LogP contribution in [-0.4, -0.2) is 17.2 Å². The summed E-state index contributed by atoms with van der Waals surface area (Å²) in [6, 6.07) is 14.0. The van der Waals surface area contributed by atoms with Crippen molar-refractivity contribution in [2.75, 3.05) is 12.4 Å². The number of hydrogen-bond acceptors (Lipinski definition) is 3. The molecule has 0 aliphatic carbocycles. The molecule has 2 rings (SSSR count). The van der Waals surface area contributed by atoms with Crippen molar-refractivity contribution in [3.05, 3.63) is 53.7 Å². The number of benzene rings is 1. The molecule has 1 heterocycles. The maximum absolute atomic E-state index is 5.38. The van der Waals surface area contributed by atoms with Crippen molar-refractivity contribution in [3.8, 4) is 5.75 Å². The van der Waals surface area contributed by atoms with E-state index in [-0.39, 0.29) is 6.04 Å². The molecule has 22 heavy (non-hydrogen) atoms. The number of thiocarbonyl (C=S) groups is 1. The predicted octanol–water partition coefficient (Wildman–Crippen LogP) is 3.84. The predicted molar refractivity (Wildman–Crippen MR) is 94.4 cm³/mol. The van der Waals surface area contributed by atoms with E-state index < -0.39 is 0 Å². The van der Waals surface area contributed by atoms with Gasteiger partial charge in [-0.2, -0.15) is 0 Å². The summed E-state index contributed by atoms with van der Waals surface area (Å²) in [4.78, 5) is 4.39. The van der Waals surface area contributed by atoms with Crippen molar-refractivity contribution < 1.29 is 4.74 Å². The standard InChI is InChI=1S/C17H21N3OS/c1-4-15(13-8-10-14(21-3)11-9-13)19-17(22)20-16-7-5-6-12(2)18-16/h5-11,15H,4H2,1-3H3,(H2,18,19,20,22)/t15-/m0/s1. The highest BCUT2D eigenvalue weighted by molar-refractivity contribution is 7.80. The molecule has 0 unspecified atom stereocenters. The highest BCUT2D eigenvalue weighted by atomic mass is 32.1. The third-order valence-corrected chi connectivity index (χ3v) is 3.58. The molecule has 0 bridgehead atoms. The zero-order chi connectivity index (χ0) is 15.9. The Bertz CT molecular complexity index is 628. The van der Waals surface area contributed by atoms with Gasteiger partial charge in [0.2, 0.25) is 0 Å². The number of methoxy groups -OCH3 is 1. The van der Waals surface area contributed by atoms with E-state index in [9.17, 15) is 0 Å². The second kappa shape index (κ2) is 7.75. The lowest BCUT2D eigenvalue weighted by atomic mass is 10.0. The first-order valence-corrected chi connectivity index (χ1v) is 7.68. The minimum atomic E-state index is 0.149. The van der Waals surface area contributed by atoms with Gasteiger partial charge in [-0.15, -0.1) is 0 Å². The molecular weight excluding hydrogens is 294 g/mol. The lowest BCUT2D eigenvalue weighted by Crippen LogP contribution is -2.32. The fourth-order valence-electron chi connectivity index (χ4n) is 2.18. The van der Waals surface area contributed by atoms with Crippen LogP contribution in [0.2, 0.25) is 0 Å². The largest absolute Gasteiger partial charge is 0.497 e. The topological polar surface area (TPSA) is 46.2 Å². The molecule has 0 spiro atoms. The summed E-state index contributed by atoms with van der Waals surface area (Å²) in [7, 11) is 1.67. The Morgan fingerprint density at radius 2 is 1.95 bits per heavy atom. The molecule has 1 atom stereocenters. The summed E-state index contributed by atoms with van der Waals surface area (Å²) >= 11 is 5.38. The zero-order valence-corrected chi connectivity index (χ0v) is 13.9. The molecule has 0 amide bonds. The molecule has 5 heteroatoms. The van der Waals surface area contributed by atoms with E-state index in [0.717, 1.165) is 23.7 Å². The van der Waals surface area contributed by atoms with E-state index in [0.29, 0.717) is 5.11 Å². The van der Waals surface area contributed by atoms with Crippen LogP contribution >= 0.6 is 12.2 Å². The van der Waals surface area contributed by atoms with E-state index in [1.165, 1.54) is 5.56 Å². The lowest BCUT2D eigenvalue weighted by Gasteiger charge is -2.20. The molecule has 1 aromatic heterocycles. The van der Waals surface area contributed by atoms with Gasteiger partial charge in [-0.25, -0.2) is 4.98 Å². The smallest absolute Gasteiger partial charge is 0.172 e. The maximum Gasteiger partial charge on any atom is 0.172 e. The Morgan fingerprint density at radius 3 is 2.55 bits per heavy atom. The number of anilines is 1. The molecule has 116 valence electrons. The third-order valence-electron chi connectivity index (χ3n) is 3.36. The van der Waals surface area contributed by atoms with Gasteiger partial charge in [0.25, 0.3) is 0 Å². The molecule has 0 aliphatic heterocycles. The van der Waals surface area contributed by atoms with Crippen LogP contribution in [-0.2, 0) is 0 Å². The number of nitrogens with zero attached hydrogens (tertiary/aromatic N) is 1. The Kier molecular flexibility index (Phi) is 5.72.